The van der Waals surface area contributed by atoms with Crippen LogP contribution in [0.1, 0.15) is 47.9 Å². The summed E-state index contributed by atoms with van der Waals surface area (Å²) in [6, 6.07) is 0. The molecule has 1 saturated carbocycles. The van der Waals surface area contributed by atoms with Gasteiger partial charge in [0.25, 0.3) is 5.89 Å². The average molecular weight is 248 g/mol. The van der Waals surface area contributed by atoms with Gasteiger partial charge in [0.2, 0.25) is 0 Å². The molecule has 2 heterocycles. The molecule has 0 aromatic carbocycles. The van der Waals surface area contributed by atoms with Crippen LogP contribution in [0.2, 0.25) is 0 Å². The van der Waals surface area contributed by atoms with Crippen molar-refractivity contribution in [1.29, 1.82) is 0 Å². The minimum atomic E-state index is -1.12. The van der Waals surface area contributed by atoms with Crippen molar-refractivity contribution in [3.05, 3.63) is 17.8 Å². The molecule has 2 N–H and O–H groups in total. The van der Waals surface area contributed by atoms with Gasteiger partial charge in [0.05, 0.1) is 6.33 Å². The van der Waals surface area contributed by atoms with Crippen LogP contribution in [0.5, 0.6) is 0 Å². The van der Waals surface area contributed by atoms with E-state index in [1.807, 2.05) is 0 Å². The molecule has 0 atom stereocenters. The Hall–Kier alpha value is -2.18. The van der Waals surface area contributed by atoms with Crippen LogP contribution in [-0.4, -0.2) is 31.2 Å². The molecule has 2 aromatic rings. The van der Waals surface area contributed by atoms with Crippen molar-refractivity contribution < 1.29 is 14.4 Å². The number of nitrogens with zero attached hydrogens (tertiary/aromatic N) is 3. The number of aromatic carboxylic acids is 1. The Kier molecular flexibility index (Phi) is 2.58. The molecule has 7 nitrogen and oxygen atoms in total. The number of rotatable bonds is 3. The number of imidazole rings is 1. The Morgan fingerprint density at radius 1 is 1.44 bits per heavy atom. The molecule has 3 rings (SSSR count). The summed E-state index contributed by atoms with van der Waals surface area (Å²) in [5.74, 6) is 0.0609. The molecule has 94 valence electrons. The van der Waals surface area contributed by atoms with Gasteiger partial charge in [0, 0.05) is 5.92 Å². The summed E-state index contributed by atoms with van der Waals surface area (Å²) in [4.78, 5) is 21.6. The molecule has 1 fully saturated rings. The zero-order valence-electron chi connectivity index (χ0n) is 9.59. The maximum atomic E-state index is 10.9. The first-order chi connectivity index (χ1) is 8.75. The minimum absolute atomic E-state index is 0.100. The van der Waals surface area contributed by atoms with Gasteiger partial charge in [-0.1, -0.05) is 18.0 Å². The van der Waals surface area contributed by atoms with Crippen molar-refractivity contribution in [1.82, 2.24) is 20.1 Å². The average Bonchev–Trinajstić information content (AvgIpc) is 3.10. The zero-order chi connectivity index (χ0) is 12.5. The topological polar surface area (TPSA) is 105 Å². The predicted molar refractivity (Wildman–Crippen MR) is 60.0 cm³/mol. The van der Waals surface area contributed by atoms with E-state index in [2.05, 4.69) is 20.1 Å². The second-order valence-corrected chi connectivity index (χ2v) is 4.37. The minimum Gasteiger partial charge on any atom is -0.476 e. The lowest BCUT2D eigenvalue weighted by Gasteiger charge is -1.99. The molecule has 1 aliphatic carbocycles. The number of aromatic nitrogens is 4. The SMILES string of the molecule is O=C(O)c1nc[nH]c1-c1nc(C2CCCC2)no1. The zero-order valence-corrected chi connectivity index (χ0v) is 9.59. The number of carboxylic acid groups (broad SMARTS) is 1. The Morgan fingerprint density at radius 3 is 2.94 bits per heavy atom. The highest BCUT2D eigenvalue weighted by Gasteiger charge is 2.25. The number of aromatic amines is 1. The van der Waals surface area contributed by atoms with Crippen LogP contribution < -0.4 is 0 Å². The van der Waals surface area contributed by atoms with Crippen molar-refractivity contribution >= 4 is 5.97 Å². The van der Waals surface area contributed by atoms with Crippen molar-refractivity contribution in [2.24, 2.45) is 0 Å². The van der Waals surface area contributed by atoms with Gasteiger partial charge in [-0.05, 0) is 12.8 Å². The Labute approximate surface area is 102 Å². The van der Waals surface area contributed by atoms with E-state index in [0.29, 0.717) is 11.7 Å². The fraction of sp³-hybridized carbons (Fsp3) is 0.455. The third-order valence-electron chi connectivity index (χ3n) is 3.22. The highest BCUT2D eigenvalue weighted by atomic mass is 16.5. The number of H-pyrrole nitrogens is 1. The smallest absolute Gasteiger partial charge is 0.356 e. The summed E-state index contributed by atoms with van der Waals surface area (Å²) in [7, 11) is 0. The molecule has 1 aliphatic rings. The summed E-state index contributed by atoms with van der Waals surface area (Å²) in [5.41, 5.74) is 0.163. The van der Waals surface area contributed by atoms with Crippen LogP contribution >= 0.6 is 0 Å². The maximum absolute atomic E-state index is 10.9. The van der Waals surface area contributed by atoms with Crippen LogP contribution in [0.25, 0.3) is 11.6 Å². The van der Waals surface area contributed by atoms with E-state index in [0.717, 1.165) is 12.8 Å². The molecule has 0 amide bonds. The molecule has 2 aromatic heterocycles. The van der Waals surface area contributed by atoms with Crippen LogP contribution in [0.3, 0.4) is 0 Å². The van der Waals surface area contributed by atoms with Crippen molar-refractivity contribution in [2.45, 2.75) is 31.6 Å². The van der Waals surface area contributed by atoms with Crippen LogP contribution in [0.15, 0.2) is 10.9 Å². The molecule has 0 aliphatic heterocycles. The lowest BCUT2D eigenvalue weighted by atomic mass is 10.1. The molecule has 0 radical (unpaired) electrons. The first-order valence-corrected chi connectivity index (χ1v) is 5.86. The summed E-state index contributed by atoms with van der Waals surface area (Å²) < 4.78 is 5.12. The van der Waals surface area contributed by atoms with Crippen LogP contribution in [-0.2, 0) is 0 Å². The van der Waals surface area contributed by atoms with Gasteiger partial charge in [-0.3, -0.25) is 0 Å². The lowest BCUT2D eigenvalue weighted by Crippen LogP contribution is -1.99. The standard InChI is InChI=1S/C11H12N4O3/c16-11(17)8-7(12-5-13-8)10-14-9(15-18-10)6-3-1-2-4-6/h5-6H,1-4H2,(H,12,13)(H,16,17). The van der Waals surface area contributed by atoms with E-state index < -0.39 is 5.97 Å². The third-order valence-corrected chi connectivity index (χ3v) is 3.22. The lowest BCUT2D eigenvalue weighted by molar-refractivity contribution is 0.0691. The summed E-state index contributed by atoms with van der Waals surface area (Å²) in [5, 5.41) is 12.9. The molecule has 0 spiro atoms. The number of carbonyl (C=O) groups is 1. The second kappa shape index (κ2) is 4.25. The van der Waals surface area contributed by atoms with Gasteiger partial charge in [-0.15, -0.1) is 0 Å². The third kappa shape index (κ3) is 1.77. The molecular formula is C11H12N4O3. The quantitative estimate of drug-likeness (QED) is 0.858. The van der Waals surface area contributed by atoms with Gasteiger partial charge in [-0.25, -0.2) is 9.78 Å². The van der Waals surface area contributed by atoms with Gasteiger partial charge < -0.3 is 14.6 Å². The van der Waals surface area contributed by atoms with E-state index in [-0.39, 0.29) is 17.3 Å². The molecule has 18 heavy (non-hydrogen) atoms. The Balaban J connectivity index is 1.92. The van der Waals surface area contributed by atoms with Crippen molar-refractivity contribution in [3.8, 4) is 11.6 Å². The van der Waals surface area contributed by atoms with E-state index in [4.69, 9.17) is 9.63 Å². The van der Waals surface area contributed by atoms with E-state index in [9.17, 15) is 4.79 Å². The molecule has 0 unspecified atom stereocenters. The van der Waals surface area contributed by atoms with Crippen LogP contribution in [0.4, 0.5) is 0 Å². The van der Waals surface area contributed by atoms with E-state index in [1.54, 1.807) is 0 Å². The summed E-state index contributed by atoms with van der Waals surface area (Å²) in [6.45, 7) is 0. The van der Waals surface area contributed by atoms with Gasteiger partial charge >= 0.3 is 5.97 Å². The number of carboxylic acids is 1. The Morgan fingerprint density at radius 2 is 2.22 bits per heavy atom. The summed E-state index contributed by atoms with van der Waals surface area (Å²) in [6.07, 6.45) is 5.79. The number of nitrogens with one attached hydrogen (secondary N) is 1. The largest absolute Gasteiger partial charge is 0.476 e. The predicted octanol–water partition coefficient (Wildman–Crippen LogP) is 1.82. The molecule has 7 heteroatoms. The van der Waals surface area contributed by atoms with Crippen molar-refractivity contribution in [3.63, 3.8) is 0 Å². The fourth-order valence-corrected chi connectivity index (χ4v) is 2.31. The second-order valence-electron chi connectivity index (χ2n) is 4.37. The highest BCUT2D eigenvalue weighted by Crippen LogP contribution is 2.33. The molecule has 0 bridgehead atoms. The highest BCUT2D eigenvalue weighted by molar-refractivity contribution is 5.91. The van der Waals surface area contributed by atoms with Crippen LogP contribution in [0, 0.1) is 0 Å². The van der Waals surface area contributed by atoms with E-state index in [1.165, 1.54) is 19.2 Å². The monoisotopic (exact) mass is 248 g/mol. The number of hydrogen-bond donors (Lipinski definition) is 2. The summed E-state index contributed by atoms with van der Waals surface area (Å²) >= 11 is 0. The Bertz CT molecular complexity index is 568. The first kappa shape index (κ1) is 10.9. The molecule has 0 saturated heterocycles. The maximum Gasteiger partial charge on any atom is 0.356 e. The van der Waals surface area contributed by atoms with Crippen molar-refractivity contribution in [2.75, 3.05) is 0 Å². The normalized spacial score (nSPS) is 16.2. The number of hydrogen-bond acceptors (Lipinski definition) is 5. The van der Waals surface area contributed by atoms with Gasteiger partial charge in [0.15, 0.2) is 11.5 Å². The van der Waals surface area contributed by atoms with Gasteiger partial charge in [-0.2, -0.15) is 4.98 Å². The molecular weight excluding hydrogens is 236 g/mol. The fourth-order valence-electron chi connectivity index (χ4n) is 2.31. The first-order valence-electron chi connectivity index (χ1n) is 5.86. The van der Waals surface area contributed by atoms with E-state index >= 15 is 0 Å². The van der Waals surface area contributed by atoms with Gasteiger partial charge in [0.1, 0.15) is 5.69 Å².